The third kappa shape index (κ3) is 2.71. The lowest BCUT2D eigenvalue weighted by molar-refractivity contribution is 0.0993. The van der Waals surface area contributed by atoms with Gasteiger partial charge in [0, 0.05) is 26.0 Å². The highest BCUT2D eigenvalue weighted by molar-refractivity contribution is 6.08. The minimum absolute atomic E-state index is 0.118. The Kier molecular flexibility index (Phi) is 4.20. The van der Waals surface area contributed by atoms with Crippen LogP contribution in [0.4, 0.5) is 11.5 Å². The van der Waals surface area contributed by atoms with Gasteiger partial charge >= 0.3 is 0 Å². The second kappa shape index (κ2) is 6.06. The molecule has 1 amide bonds. The van der Waals surface area contributed by atoms with E-state index in [4.69, 9.17) is 4.74 Å². The summed E-state index contributed by atoms with van der Waals surface area (Å²) in [6.45, 7) is 0. The molecule has 0 bridgehead atoms. The van der Waals surface area contributed by atoms with Gasteiger partial charge in [0.1, 0.15) is 11.6 Å². The maximum Gasteiger partial charge on any atom is 0.261 e. The molecule has 0 radical (unpaired) electrons. The van der Waals surface area contributed by atoms with E-state index in [9.17, 15) is 4.79 Å². The molecule has 0 aliphatic carbocycles. The number of anilines is 2. The molecule has 0 spiro atoms. The summed E-state index contributed by atoms with van der Waals surface area (Å²) in [4.78, 5) is 18.2. The van der Waals surface area contributed by atoms with Gasteiger partial charge in [-0.25, -0.2) is 4.98 Å². The molecular weight excluding hydrogens is 254 g/mol. The van der Waals surface area contributed by atoms with Crippen LogP contribution in [0.15, 0.2) is 42.6 Å². The molecule has 2 rings (SSSR count). The predicted octanol–water partition coefficient (Wildman–Crippen LogP) is 2.41. The number of amides is 1. The van der Waals surface area contributed by atoms with Crippen molar-refractivity contribution in [1.29, 1.82) is 0 Å². The molecule has 1 aromatic carbocycles. The van der Waals surface area contributed by atoms with Crippen LogP contribution in [0.2, 0.25) is 0 Å². The molecule has 0 aliphatic heterocycles. The summed E-state index contributed by atoms with van der Waals surface area (Å²) in [5.41, 5.74) is 1.33. The topological polar surface area (TPSA) is 54.5 Å². The summed E-state index contributed by atoms with van der Waals surface area (Å²) in [7, 11) is 5.09. The molecule has 0 aliphatic rings. The van der Waals surface area contributed by atoms with Crippen LogP contribution < -0.4 is 15.0 Å². The van der Waals surface area contributed by atoms with Crippen LogP contribution in [0.25, 0.3) is 0 Å². The number of nitrogens with one attached hydrogen (secondary N) is 1. The Bertz CT molecular complexity index is 596. The average molecular weight is 271 g/mol. The predicted molar refractivity (Wildman–Crippen MR) is 79.5 cm³/mol. The lowest BCUT2D eigenvalue weighted by Gasteiger charge is -2.18. The highest BCUT2D eigenvalue weighted by atomic mass is 16.5. The number of benzene rings is 1. The summed E-state index contributed by atoms with van der Waals surface area (Å²) in [6, 6.07) is 10.8. The zero-order chi connectivity index (χ0) is 14.5. The number of pyridine rings is 1. The summed E-state index contributed by atoms with van der Waals surface area (Å²) in [6.07, 6.45) is 1.65. The molecule has 0 atom stereocenters. The van der Waals surface area contributed by atoms with Crippen LogP contribution in [0.1, 0.15) is 10.4 Å². The van der Waals surface area contributed by atoms with E-state index in [1.807, 2.05) is 24.3 Å². The number of carbonyl (C=O) groups is 1. The smallest absolute Gasteiger partial charge is 0.261 e. The molecule has 0 unspecified atom stereocenters. The standard InChI is InChI=1S/C15H17N3O2/c1-16-14-13(5-4-10-17-14)15(19)18(2)11-6-8-12(20-3)9-7-11/h4-10H,1-3H3,(H,16,17). The summed E-state index contributed by atoms with van der Waals surface area (Å²) < 4.78 is 5.11. The number of aromatic nitrogens is 1. The van der Waals surface area contributed by atoms with Crippen molar-refractivity contribution in [2.45, 2.75) is 0 Å². The van der Waals surface area contributed by atoms with Gasteiger partial charge in [0.05, 0.1) is 12.7 Å². The van der Waals surface area contributed by atoms with E-state index in [-0.39, 0.29) is 5.91 Å². The second-order valence-corrected chi connectivity index (χ2v) is 4.21. The Labute approximate surface area is 118 Å². The minimum atomic E-state index is -0.118. The van der Waals surface area contributed by atoms with Gasteiger partial charge in [-0.3, -0.25) is 4.79 Å². The van der Waals surface area contributed by atoms with Crippen molar-refractivity contribution in [2.75, 3.05) is 31.4 Å². The van der Waals surface area contributed by atoms with Gasteiger partial charge in [0.25, 0.3) is 5.91 Å². The van der Waals surface area contributed by atoms with E-state index in [0.29, 0.717) is 11.4 Å². The van der Waals surface area contributed by atoms with Crippen LogP contribution in [-0.2, 0) is 0 Å². The average Bonchev–Trinajstić information content (AvgIpc) is 2.53. The minimum Gasteiger partial charge on any atom is -0.497 e. The fraction of sp³-hybridized carbons (Fsp3) is 0.200. The Balaban J connectivity index is 2.27. The summed E-state index contributed by atoms with van der Waals surface area (Å²) >= 11 is 0. The molecule has 5 nitrogen and oxygen atoms in total. The quantitative estimate of drug-likeness (QED) is 0.927. The van der Waals surface area contributed by atoms with E-state index in [2.05, 4.69) is 10.3 Å². The zero-order valence-electron chi connectivity index (χ0n) is 11.8. The third-order valence-electron chi connectivity index (χ3n) is 3.04. The first kappa shape index (κ1) is 13.9. The monoisotopic (exact) mass is 271 g/mol. The van der Waals surface area contributed by atoms with Crippen molar-refractivity contribution < 1.29 is 9.53 Å². The van der Waals surface area contributed by atoms with E-state index >= 15 is 0 Å². The van der Waals surface area contributed by atoms with Gasteiger partial charge in [-0.2, -0.15) is 0 Å². The number of hydrogen-bond donors (Lipinski definition) is 1. The van der Waals surface area contributed by atoms with Crippen LogP contribution >= 0.6 is 0 Å². The summed E-state index contributed by atoms with van der Waals surface area (Å²) in [5.74, 6) is 1.21. The molecule has 1 heterocycles. The molecule has 2 aromatic rings. The first-order chi connectivity index (χ1) is 9.67. The van der Waals surface area contributed by atoms with Crippen molar-refractivity contribution in [3.63, 3.8) is 0 Å². The van der Waals surface area contributed by atoms with Gasteiger partial charge in [-0.15, -0.1) is 0 Å². The highest BCUT2D eigenvalue weighted by Gasteiger charge is 2.17. The van der Waals surface area contributed by atoms with Crippen LogP contribution in [0.5, 0.6) is 5.75 Å². The molecule has 20 heavy (non-hydrogen) atoms. The van der Waals surface area contributed by atoms with Gasteiger partial charge in [0.15, 0.2) is 0 Å². The lowest BCUT2D eigenvalue weighted by atomic mass is 10.2. The lowest BCUT2D eigenvalue weighted by Crippen LogP contribution is -2.27. The Hall–Kier alpha value is -2.56. The summed E-state index contributed by atoms with van der Waals surface area (Å²) in [5, 5.41) is 2.92. The van der Waals surface area contributed by atoms with E-state index in [0.717, 1.165) is 11.4 Å². The van der Waals surface area contributed by atoms with Crippen molar-refractivity contribution >= 4 is 17.4 Å². The van der Waals surface area contributed by atoms with E-state index < -0.39 is 0 Å². The van der Waals surface area contributed by atoms with Crippen LogP contribution in [0.3, 0.4) is 0 Å². The molecule has 0 saturated heterocycles. The third-order valence-corrected chi connectivity index (χ3v) is 3.04. The molecule has 0 saturated carbocycles. The zero-order valence-corrected chi connectivity index (χ0v) is 11.8. The number of hydrogen-bond acceptors (Lipinski definition) is 4. The van der Waals surface area contributed by atoms with Crippen molar-refractivity contribution in [3.8, 4) is 5.75 Å². The number of methoxy groups -OCH3 is 1. The SMILES string of the molecule is CNc1ncccc1C(=O)N(C)c1ccc(OC)cc1. The van der Waals surface area contributed by atoms with Crippen molar-refractivity contribution in [3.05, 3.63) is 48.2 Å². The second-order valence-electron chi connectivity index (χ2n) is 4.21. The molecular formula is C15H17N3O2. The molecule has 5 heteroatoms. The fourth-order valence-electron chi connectivity index (χ4n) is 1.88. The first-order valence-electron chi connectivity index (χ1n) is 6.22. The van der Waals surface area contributed by atoms with Gasteiger partial charge in [-0.1, -0.05) is 0 Å². The van der Waals surface area contributed by atoms with E-state index in [1.165, 1.54) is 0 Å². The number of nitrogens with zero attached hydrogens (tertiary/aromatic N) is 2. The van der Waals surface area contributed by atoms with Gasteiger partial charge in [-0.05, 0) is 36.4 Å². The number of carbonyl (C=O) groups excluding carboxylic acids is 1. The Morgan fingerprint density at radius 2 is 1.95 bits per heavy atom. The molecule has 1 aromatic heterocycles. The normalized spacial score (nSPS) is 9.95. The van der Waals surface area contributed by atoms with Gasteiger partial charge < -0.3 is 15.0 Å². The highest BCUT2D eigenvalue weighted by Crippen LogP contribution is 2.21. The molecule has 0 fully saturated rings. The maximum atomic E-state index is 12.5. The maximum absolute atomic E-state index is 12.5. The Morgan fingerprint density at radius 1 is 1.25 bits per heavy atom. The van der Waals surface area contributed by atoms with Crippen LogP contribution in [-0.4, -0.2) is 32.1 Å². The fourth-order valence-corrected chi connectivity index (χ4v) is 1.88. The van der Waals surface area contributed by atoms with Crippen LogP contribution in [0, 0.1) is 0 Å². The first-order valence-corrected chi connectivity index (χ1v) is 6.22. The Morgan fingerprint density at radius 3 is 2.55 bits per heavy atom. The largest absolute Gasteiger partial charge is 0.497 e. The molecule has 1 N–H and O–H groups in total. The van der Waals surface area contributed by atoms with Gasteiger partial charge in [0.2, 0.25) is 0 Å². The van der Waals surface area contributed by atoms with Crippen molar-refractivity contribution in [1.82, 2.24) is 4.98 Å². The molecule has 104 valence electrons. The number of ether oxygens (including phenoxy) is 1. The van der Waals surface area contributed by atoms with Crippen molar-refractivity contribution in [2.24, 2.45) is 0 Å². The number of rotatable bonds is 4. The van der Waals surface area contributed by atoms with E-state index in [1.54, 1.807) is 44.4 Å².